The van der Waals surface area contributed by atoms with E-state index in [-0.39, 0.29) is 12.2 Å². The Kier molecular flexibility index (Phi) is 6.67. The van der Waals surface area contributed by atoms with E-state index in [0.717, 1.165) is 0 Å². The third-order valence-electron chi connectivity index (χ3n) is 5.17. The van der Waals surface area contributed by atoms with Crippen LogP contribution < -0.4 is 0 Å². The lowest BCUT2D eigenvalue weighted by molar-refractivity contribution is -0.316. The summed E-state index contributed by atoms with van der Waals surface area (Å²) in [6.45, 7) is 6.25. The molecule has 0 aromatic rings. The molecule has 0 bridgehead atoms. The van der Waals surface area contributed by atoms with Crippen molar-refractivity contribution in [3.63, 3.8) is 0 Å². The van der Waals surface area contributed by atoms with Crippen molar-refractivity contribution in [1.82, 2.24) is 0 Å². The van der Waals surface area contributed by atoms with Crippen LogP contribution in [0, 0.1) is 5.41 Å². The minimum Gasteiger partial charge on any atom is -0.394 e. The van der Waals surface area contributed by atoms with Gasteiger partial charge in [0.1, 0.15) is 24.4 Å². The van der Waals surface area contributed by atoms with Gasteiger partial charge < -0.3 is 35.0 Å². The average molecular weight is 386 g/mol. The molecule has 0 aromatic carbocycles. The summed E-state index contributed by atoms with van der Waals surface area (Å²) in [7, 11) is 0. The average Bonchev–Trinajstić information content (AvgIpc) is 2.52. The zero-order valence-corrected chi connectivity index (χ0v) is 16.1. The van der Waals surface area contributed by atoms with Gasteiger partial charge in [-0.05, 0) is 25.7 Å². The first-order valence-electron chi connectivity index (χ1n) is 9.05. The van der Waals surface area contributed by atoms with Crippen molar-refractivity contribution >= 4 is 5.78 Å². The number of aliphatic hydroxyl groups is 5. The topological polar surface area (TPSA) is 137 Å². The Morgan fingerprint density at radius 1 is 1.22 bits per heavy atom. The van der Waals surface area contributed by atoms with Crippen LogP contribution in [0.3, 0.4) is 0 Å². The maximum absolute atomic E-state index is 11.2. The second kappa shape index (κ2) is 8.11. The Balaban J connectivity index is 2.20. The molecule has 8 heteroatoms. The third-order valence-corrected chi connectivity index (χ3v) is 5.17. The minimum absolute atomic E-state index is 0.166. The van der Waals surface area contributed by atoms with Crippen molar-refractivity contribution in [2.24, 2.45) is 5.41 Å². The van der Waals surface area contributed by atoms with Gasteiger partial charge >= 0.3 is 0 Å². The van der Waals surface area contributed by atoms with Gasteiger partial charge in [0.15, 0.2) is 12.1 Å². The van der Waals surface area contributed by atoms with Crippen LogP contribution in [-0.4, -0.2) is 80.3 Å². The van der Waals surface area contributed by atoms with E-state index in [9.17, 15) is 30.3 Å². The highest BCUT2D eigenvalue weighted by Crippen LogP contribution is 2.46. The Hall–Kier alpha value is -1.09. The molecule has 0 spiro atoms. The molecule has 1 heterocycles. The summed E-state index contributed by atoms with van der Waals surface area (Å²) in [5, 5.41) is 50.1. The quantitative estimate of drug-likeness (QED) is 0.320. The summed E-state index contributed by atoms with van der Waals surface area (Å²) in [5.41, 5.74) is 1.65. The lowest BCUT2D eigenvalue weighted by Crippen LogP contribution is -2.60. The largest absolute Gasteiger partial charge is 0.394 e. The van der Waals surface area contributed by atoms with E-state index >= 15 is 0 Å². The molecule has 2 rings (SSSR count). The van der Waals surface area contributed by atoms with Crippen molar-refractivity contribution < 1.29 is 39.8 Å². The van der Waals surface area contributed by atoms with Gasteiger partial charge in [0.2, 0.25) is 0 Å². The molecule has 0 aromatic heterocycles. The first kappa shape index (κ1) is 22.2. The number of carbonyl (C=O) groups excluding carboxylic acids is 1. The molecule has 0 amide bonds. The number of carbonyl (C=O) groups is 1. The van der Waals surface area contributed by atoms with E-state index in [1.165, 1.54) is 13.0 Å². The van der Waals surface area contributed by atoms with Gasteiger partial charge in [0.05, 0.1) is 18.3 Å². The molecule has 1 aliphatic carbocycles. The molecule has 1 saturated carbocycles. The maximum atomic E-state index is 11.2. The zero-order chi connectivity index (χ0) is 20.6. The first-order valence-corrected chi connectivity index (χ1v) is 9.05. The zero-order valence-electron chi connectivity index (χ0n) is 16.1. The predicted octanol–water partition coefficient (Wildman–Crippen LogP) is -0.587. The molecule has 2 fully saturated rings. The molecule has 0 unspecified atom stereocenters. The fraction of sp³-hybridized carbons (Fsp3) is 0.789. The van der Waals surface area contributed by atoms with Gasteiger partial charge in [0, 0.05) is 18.1 Å². The van der Waals surface area contributed by atoms with E-state index in [1.54, 1.807) is 6.92 Å². The highest BCUT2D eigenvalue weighted by atomic mass is 16.7. The Morgan fingerprint density at radius 3 is 2.37 bits per heavy atom. The van der Waals surface area contributed by atoms with Crippen molar-refractivity contribution in [1.29, 1.82) is 0 Å². The molecule has 5 N–H and O–H groups in total. The monoisotopic (exact) mass is 386 g/mol. The molecule has 2 aliphatic rings. The smallest absolute Gasteiger partial charge is 0.186 e. The van der Waals surface area contributed by atoms with Gasteiger partial charge in [0.25, 0.3) is 0 Å². The highest BCUT2D eigenvalue weighted by Gasteiger charge is 2.49. The molecule has 7 atom stereocenters. The van der Waals surface area contributed by atoms with E-state index in [0.29, 0.717) is 12.0 Å². The fourth-order valence-corrected chi connectivity index (χ4v) is 4.01. The van der Waals surface area contributed by atoms with Crippen LogP contribution in [0.1, 0.15) is 40.5 Å². The summed E-state index contributed by atoms with van der Waals surface area (Å²) >= 11 is 0. The summed E-state index contributed by atoms with van der Waals surface area (Å²) in [4.78, 5) is 11.2. The van der Waals surface area contributed by atoms with Crippen LogP contribution in [0.4, 0.5) is 0 Å². The van der Waals surface area contributed by atoms with Crippen LogP contribution in [-0.2, 0) is 14.3 Å². The number of ketones is 1. The number of ether oxygens (including phenoxy) is 2. The SMILES string of the molecule is CC(=O)C=C=C1C(C)(C)C[C@H](O[C@H]2O[C@H](CO)[C@@H](O)[C@H](O)[C@H]2O)C[C@@]1(C)O. The number of aliphatic hydroxyl groups excluding tert-OH is 4. The number of hydrogen-bond acceptors (Lipinski definition) is 8. The van der Waals surface area contributed by atoms with E-state index in [4.69, 9.17) is 9.47 Å². The minimum atomic E-state index is -1.52. The standard InChI is InChI=1S/C19H30O8/c1-10(21)5-6-13-18(2,3)7-11(8-19(13,4)25)26-17-16(24)15(23)14(22)12(9-20)27-17/h5,11-12,14-17,20,22-25H,7-9H2,1-4H3/t6?,11-,12+,14+,15-,16+,17-,19+/m0/s1. The van der Waals surface area contributed by atoms with Crippen molar-refractivity contribution in [2.75, 3.05) is 6.61 Å². The van der Waals surface area contributed by atoms with E-state index in [1.807, 2.05) is 13.8 Å². The normalized spacial score (nSPS) is 41.7. The molecule has 154 valence electrons. The highest BCUT2D eigenvalue weighted by molar-refractivity contribution is 5.87. The number of hydrogen-bond donors (Lipinski definition) is 5. The van der Waals surface area contributed by atoms with Crippen LogP contribution in [0.25, 0.3) is 0 Å². The summed E-state index contributed by atoms with van der Waals surface area (Å²) < 4.78 is 11.2. The summed E-state index contributed by atoms with van der Waals surface area (Å²) in [6.07, 6.45) is -5.40. The molecule has 8 nitrogen and oxygen atoms in total. The molecule has 0 radical (unpaired) electrons. The van der Waals surface area contributed by atoms with Gasteiger partial charge in [-0.3, -0.25) is 4.79 Å². The Bertz CT molecular complexity index is 597. The van der Waals surface area contributed by atoms with Gasteiger partial charge in [-0.15, -0.1) is 5.73 Å². The number of rotatable bonds is 4. The molecular formula is C19H30O8. The molecule has 1 saturated heterocycles. The lowest BCUT2D eigenvalue weighted by atomic mass is 9.65. The molecule has 27 heavy (non-hydrogen) atoms. The van der Waals surface area contributed by atoms with Gasteiger partial charge in [-0.2, -0.15) is 0 Å². The van der Waals surface area contributed by atoms with Crippen LogP contribution >= 0.6 is 0 Å². The third kappa shape index (κ3) is 4.85. The maximum Gasteiger partial charge on any atom is 0.186 e. The van der Waals surface area contributed by atoms with Gasteiger partial charge in [-0.1, -0.05) is 13.8 Å². The predicted molar refractivity (Wildman–Crippen MR) is 94.6 cm³/mol. The van der Waals surface area contributed by atoms with Gasteiger partial charge in [-0.25, -0.2) is 0 Å². The molecular weight excluding hydrogens is 356 g/mol. The van der Waals surface area contributed by atoms with Crippen molar-refractivity contribution in [2.45, 2.75) is 82.9 Å². The van der Waals surface area contributed by atoms with Crippen LogP contribution in [0.5, 0.6) is 0 Å². The van der Waals surface area contributed by atoms with E-state index in [2.05, 4.69) is 5.73 Å². The Labute approximate surface area is 158 Å². The summed E-state index contributed by atoms with van der Waals surface area (Å²) in [5.74, 6) is -0.172. The second-order valence-electron chi connectivity index (χ2n) is 8.30. The molecule has 1 aliphatic heterocycles. The van der Waals surface area contributed by atoms with Crippen LogP contribution in [0.15, 0.2) is 17.4 Å². The van der Waals surface area contributed by atoms with Crippen molar-refractivity contribution in [3.8, 4) is 0 Å². The summed E-state index contributed by atoms with van der Waals surface area (Å²) in [6, 6.07) is 0. The Morgan fingerprint density at radius 2 is 1.85 bits per heavy atom. The fourth-order valence-electron chi connectivity index (χ4n) is 4.01. The lowest BCUT2D eigenvalue weighted by Gasteiger charge is -2.47. The van der Waals surface area contributed by atoms with E-state index < -0.39 is 54.4 Å². The van der Waals surface area contributed by atoms with Crippen molar-refractivity contribution in [3.05, 3.63) is 17.4 Å². The van der Waals surface area contributed by atoms with Crippen LogP contribution in [0.2, 0.25) is 0 Å². The second-order valence-corrected chi connectivity index (χ2v) is 8.30. The first-order chi connectivity index (χ1) is 12.4.